The summed E-state index contributed by atoms with van der Waals surface area (Å²) < 4.78 is 6.83. The molecular formula is C11H15IOS. The van der Waals surface area contributed by atoms with Crippen LogP contribution in [0.1, 0.15) is 19.3 Å². The third-order valence-corrected chi connectivity index (χ3v) is 3.10. The fraction of sp³-hybridized carbons (Fsp3) is 0.455. The molecule has 0 aliphatic heterocycles. The molecule has 0 heterocycles. The molecule has 0 radical (unpaired) electrons. The summed E-state index contributed by atoms with van der Waals surface area (Å²) in [6.45, 7) is 0.813. The van der Waals surface area contributed by atoms with Crippen molar-refractivity contribution in [2.75, 3.05) is 12.4 Å². The Balaban J connectivity index is 2.21. The van der Waals surface area contributed by atoms with E-state index in [1.165, 1.54) is 16.4 Å². The van der Waals surface area contributed by atoms with E-state index in [4.69, 9.17) is 4.74 Å². The van der Waals surface area contributed by atoms with Crippen molar-refractivity contribution in [1.82, 2.24) is 0 Å². The SMILES string of the molecule is SCCCCCOc1ccccc1I. The molecule has 14 heavy (non-hydrogen) atoms. The van der Waals surface area contributed by atoms with Gasteiger partial charge in [0.15, 0.2) is 0 Å². The Kier molecular flexibility index (Phi) is 6.43. The predicted molar refractivity (Wildman–Crippen MR) is 72.4 cm³/mol. The van der Waals surface area contributed by atoms with E-state index in [0.717, 1.165) is 24.5 Å². The maximum atomic E-state index is 5.65. The van der Waals surface area contributed by atoms with Gasteiger partial charge in [-0.15, -0.1) is 0 Å². The minimum absolute atomic E-state index is 0.813. The second-order valence-corrected chi connectivity index (χ2v) is 4.67. The van der Waals surface area contributed by atoms with E-state index in [2.05, 4.69) is 41.3 Å². The average Bonchev–Trinajstić information content (AvgIpc) is 2.20. The van der Waals surface area contributed by atoms with Crippen LogP contribution >= 0.6 is 35.2 Å². The maximum absolute atomic E-state index is 5.65. The average molecular weight is 322 g/mol. The fourth-order valence-electron chi connectivity index (χ4n) is 1.13. The Morgan fingerprint density at radius 3 is 2.64 bits per heavy atom. The van der Waals surface area contributed by atoms with Crippen LogP contribution in [0.15, 0.2) is 24.3 Å². The molecule has 0 unspecified atom stereocenters. The lowest BCUT2D eigenvalue weighted by Gasteiger charge is -2.07. The Bertz CT molecular complexity index is 265. The second kappa shape index (κ2) is 7.40. The number of ether oxygens (including phenoxy) is 1. The quantitative estimate of drug-likeness (QED) is 0.476. The van der Waals surface area contributed by atoms with Crippen LogP contribution in [0.25, 0.3) is 0 Å². The van der Waals surface area contributed by atoms with Crippen LogP contribution in [-0.4, -0.2) is 12.4 Å². The lowest BCUT2D eigenvalue weighted by molar-refractivity contribution is 0.304. The number of halogens is 1. The summed E-state index contributed by atoms with van der Waals surface area (Å²) in [6.07, 6.45) is 3.50. The Hall–Kier alpha value is 0.100. The van der Waals surface area contributed by atoms with Crippen molar-refractivity contribution < 1.29 is 4.74 Å². The highest BCUT2D eigenvalue weighted by Gasteiger charge is 1.97. The number of thiol groups is 1. The minimum atomic E-state index is 0.813. The van der Waals surface area contributed by atoms with Crippen LogP contribution in [0.2, 0.25) is 0 Å². The first-order valence-corrected chi connectivity index (χ1v) is 6.54. The Labute approximate surface area is 105 Å². The van der Waals surface area contributed by atoms with Gasteiger partial charge in [-0.1, -0.05) is 12.1 Å². The first-order chi connectivity index (χ1) is 6.84. The van der Waals surface area contributed by atoms with Gasteiger partial charge in [0.2, 0.25) is 0 Å². The molecule has 0 fully saturated rings. The number of benzene rings is 1. The molecule has 0 atom stereocenters. The number of para-hydroxylation sites is 1. The third-order valence-electron chi connectivity index (χ3n) is 1.90. The highest BCUT2D eigenvalue weighted by Crippen LogP contribution is 2.19. The normalized spacial score (nSPS) is 10.1. The van der Waals surface area contributed by atoms with Gasteiger partial charge in [0.05, 0.1) is 10.2 Å². The molecule has 0 amide bonds. The summed E-state index contributed by atoms with van der Waals surface area (Å²) >= 11 is 6.46. The van der Waals surface area contributed by atoms with Gasteiger partial charge in [-0.3, -0.25) is 0 Å². The summed E-state index contributed by atoms with van der Waals surface area (Å²) in [5.74, 6) is 1.97. The molecule has 1 rings (SSSR count). The van der Waals surface area contributed by atoms with Crippen molar-refractivity contribution in [3.8, 4) is 5.75 Å². The second-order valence-electron chi connectivity index (χ2n) is 3.06. The molecule has 1 nitrogen and oxygen atoms in total. The molecule has 0 saturated carbocycles. The van der Waals surface area contributed by atoms with Gasteiger partial charge in [0, 0.05) is 0 Å². The number of hydrogen-bond donors (Lipinski definition) is 1. The molecule has 0 aliphatic carbocycles. The molecule has 0 spiro atoms. The molecule has 1 aromatic carbocycles. The third kappa shape index (κ3) is 4.55. The fourth-order valence-corrected chi connectivity index (χ4v) is 1.90. The first kappa shape index (κ1) is 12.2. The van der Waals surface area contributed by atoms with Crippen LogP contribution in [0.5, 0.6) is 5.75 Å². The largest absolute Gasteiger partial charge is 0.492 e. The standard InChI is InChI=1S/C11H15IOS/c12-10-6-2-3-7-11(10)13-8-4-1-5-9-14/h2-3,6-7,14H,1,4-5,8-9H2. The van der Waals surface area contributed by atoms with E-state index >= 15 is 0 Å². The van der Waals surface area contributed by atoms with Gasteiger partial charge in [-0.25, -0.2) is 0 Å². The van der Waals surface area contributed by atoms with Crippen molar-refractivity contribution in [2.45, 2.75) is 19.3 Å². The lowest BCUT2D eigenvalue weighted by Crippen LogP contribution is -1.98. The summed E-state index contributed by atoms with van der Waals surface area (Å²) in [6, 6.07) is 8.10. The highest BCUT2D eigenvalue weighted by atomic mass is 127. The van der Waals surface area contributed by atoms with Crippen LogP contribution in [-0.2, 0) is 0 Å². The summed E-state index contributed by atoms with van der Waals surface area (Å²) in [7, 11) is 0. The van der Waals surface area contributed by atoms with Gasteiger partial charge in [-0.2, -0.15) is 12.6 Å². The van der Waals surface area contributed by atoms with Crippen LogP contribution in [0.3, 0.4) is 0 Å². The van der Waals surface area contributed by atoms with E-state index < -0.39 is 0 Å². The summed E-state index contributed by atoms with van der Waals surface area (Å²) in [5, 5.41) is 0. The molecule has 0 aliphatic rings. The zero-order chi connectivity index (χ0) is 10.2. The van der Waals surface area contributed by atoms with Crippen LogP contribution in [0.4, 0.5) is 0 Å². The molecule has 0 N–H and O–H groups in total. The van der Waals surface area contributed by atoms with Crippen molar-refractivity contribution >= 4 is 35.2 Å². The summed E-state index contributed by atoms with van der Waals surface area (Å²) in [4.78, 5) is 0. The van der Waals surface area contributed by atoms with E-state index in [1.54, 1.807) is 0 Å². The van der Waals surface area contributed by atoms with Gasteiger partial charge in [-0.05, 0) is 59.7 Å². The van der Waals surface area contributed by atoms with Crippen LogP contribution in [0, 0.1) is 3.57 Å². The van der Waals surface area contributed by atoms with Crippen LogP contribution < -0.4 is 4.74 Å². The Morgan fingerprint density at radius 2 is 1.93 bits per heavy atom. The predicted octanol–water partition coefficient (Wildman–Crippen LogP) is 3.77. The molecule has 3 heteroatoms. The minimum Gasteiger partial charge on any atom is -0.492 e. The number of hydrogen-bond acceptors (Lipinski definition) is 2. The molecule has 78 valence electrons. The molecule has 0 aromatic heterocycles. The highest BCUT2D eigenvalue weighted by molar-refractivity contribution is 14.1. The molecule has 1 aromatic rings. The van der Waals surface area contributed by atoms with Gasteiger partial charge >= 0.3 is 0 Å². The molecule has 0 bridgehead atoms. The smallest absolute Gasteiger partial charge is 0.132 e. The maximum Gasteiger partial charge on any atom is 0.132 e. The van der Waals surface area contributed by atoms with E-state index in [1.807, 2.05) is 18.2 Å². The van der Waals surface area contributed by atoms with Gasteiger partial charge < -0.3 is 4.74 Å². The number of rotatable bonds is 6. The molecule has 0 saturated heterocycles. The summed E-state index contributed by atoms with van der Waals surface area (Å²) in [5.41, 5.74) is 0. The van der Waals surface area contributed by atoms with Gasteiger partial charge in [0.1, 0.15) is 5.75 Å². The van der Waals surface area contributed by atoms with Gasteiger partial charge in [0.25, 0.3) is 0 Å². The van der Waals surface area contributed by atoms with E-state index in [0.29, 0.717) is 0 Å². The number of unbranched alkanes of at least 4 members (excludes halogenated alkanes) is 2. The van der Waals surface area contributed by atoms with Crippen molar-refractivity contribution in [3.05, 3.63) is 27.8 Å². The zero-order valence-electron chi connectivity index (χ0n) is 8.08. The van der Waals surface area contributed by atoms with Crippen molar-refractivity contribution in [3.63, 3.8) is 0 Å². The van der Waals surface area contributed by atoms with Crippen molar-refractivity contribution in [2.24, 2.45) is 0 Å². The lowest BCUT2D eigenvalue weighted by atomic mass is 10.3. The monoisotopic (exact) mass is 322 g/mol. The molecular weight excluding hydrogens is 307 g/mol. The topological polar surface area (TPSA) is 9.23 Å². The van der Waals surface area contributed by atoms with E-state index in [9.17, 15) is 0 Å². The Morgan fingerprint density at radius 1 is 1.14 bits per heavy atom. The zero-order valence-corrected chi connectivity index (χ0v) is 11.1. The first-order valence-electron chi connectivity index (χ1n) is 4.83. The van der Waals surface area contributed by atoms with E-state index in [-0.39, 0.29) is 0 Å². The van der Waals surface area contributed by atoms with Crippen molar-refractivity contribution in [1.29, 1.82) is 0 Å².